The molecule has 2 saturated heterocycles. The standard InChI is InChI=1S/C50H62O14/c1-55-49-47(61-39-25-21-37(22-26-39)59-35-9-5-3-6-10-35)45(53)43(51)41(63-49)29-57-33-17-13-31(14-18-33)32-15-19-34(20-16-32)58-30-42-44(52)46(54)48(50(56-2)64-42)62-40-27-23-38(24-28-40)60-36-11-7-4-8-12-36/h13-28,35-36,41-54H,3-12,29-30H2,1-2H3/t41-,42-,43-,44-,45+,46+,47-,48-,49+,50+/m1/s1. The van der Waals surface area contributed by atoms with Gasteiger partial charge in [-0.2, -0.15) is 0 Å². The van der Waals surface area contributed by atoms with E-state index in [4.69, 9.17) is 47.4 Å². The molecular weight excluding hydrogens is 825 g/mol. The van der Waals surface area contributed by atoms with E-state index in [0.717, 1.165) is 48.3 Å². The van der Waals surface area contributed by atoms with Crippen LogP contribution in [0.4, 0.5) is 0 Å². The molecule has 8 rings (SSSR count). The highest BCUT2D eigenvalue weighted by Crippen LogP contribution is 2.33. The maximum absolute atomic E-state index is 11.1. The van der Waals surface area contributed by atoms with Crippen LogP contribution in [0.1, 0.15) is 64.2 Å². The number of ether oxygens (including phenoxy) is 10. The third-order valence-corrected chi connectivity index (χ3v) is 12.5. The third kappa shape index (κ3) is 11.6. The summed E-state index contributed by atoms with van der Waals surface area (Å²) < 4.78 is 59.4. The molecule has 14 nitrogen and oxygen atoms in total. The minimum Gasteiger partial charge on any atom is -0.491 e. The molecule has 2 saturated carbocycles. The van der Waals surface area contributed by atoms with Gasteiger partial charge < -0.3 is 67.8 Å². The van der Waals surface area contributed by atoms with E-state index in [1.807, 2.05) is 72.8 Å². The fourth-order valence-corrected chi connectivity index (χ4v) is 8.82. The molecule has 4 N–H and O–H groups in total. The minimum atomic E-state index is -1.30. The molecule has 64 heavy (non-hydrogen) atoms. The summed E-state index contributed by atoms with van der Waals surface area (Å²) >= 11 is 0. The quantitative estimate of drug-likeness (QED) is 0.0892. The van der Waals surface area contributed by atoms with E-state index in [-0.39, 0.29) is 25.4 Å². The molecule has 4 aromatic carbocycles. The number of aliphatic hydroxyl groups is 4. The SMILES string of the molecule is CO[C@H]1O[C@H](COc2ccc(-c3ccc(OC[C@H]4O[C@H](OC)[C@H](Oc5ccc(OC6CCCCC6)cc5)[C@@H](O)[C@@H]4O)cc3)cc2)[C@@H](O)[C@H](O)[C@H]1Oc1ccc(OC2CCCCC2)cc1. The van der Waals surface area contributed by atoms with Gasteiger partial charge in [-0.1, -0.05) is 37.1 Å². The normalized spacial score (nSPS) is 29.1. The topological polar surface area (TPSA) is 173 Å². The predicted molar refractivity (Wildman–Crippen MR) is 235 cm³/mol. The highest BCUT2D eigenvalue weighted by atomic mass is 16.7. The molecule has 0 aromatic heterocycles. The second-order valence-electron chi connectivity index (χ2n) is 17.1. The lowest BCUT2D eigenvalue weighted by Crippen LogP contribution is -2.61. The van der Waals surface area contributed by atoms with Crippen LogP contribution in [0.25, 0.3) is 11.1 Å². The van der Waals surface area contributed by atoms with Gasteiger partial charge in [0.05, 0.1) is 12.2 Å². The van der Waals surface area contributed by atoms with Crippen LogP contribution in [0.3, 0.4) is 0 Å². The Bertz CT molecular complexity index is 1840. The van der Waals surface area contributed by atoms with Crippen LogP contribution in [0, 0.1) is 0 Å². The van der Waals surface area contributed by atoms with E-state index in [1.54, 1.807) is 24.3 Å². The van der Waals surface area contributed by atoms with Gasteiger partial charge in [-0.25, -0.2) is 0 Å². The first kappa shape index (κ1) is 45.9. The lowest BCUT2D eigenvalue weighted by Gasteiger charge is -2.41. The first-order valence-corrected chi connectivity index (χ1v) is 22.7. The molecule has 14 heteroatoms. The number of methoxy groups -OCH3 is 2. The van der Waals surface area contributed by atoms with E-state index in [1.165, 1.54) is 52.7 Å². The molecule has 0 unspecified atom stereocenters. The fourth-order valence-electron chi connectivity index (χ4n) is 8.82. The molecule has 2 aliphatic heterocycles. The summed E-state index contributed by atoms with van der Waals surface area (Å²) in [5, 5.41) is 44.2. The van der Waals surface area contributed by atoms with Crippen molar-refractivity contribution in [1.29, 1.82) is 0 Å². The Balaban J connectivity index is 0.781. The van der Waals surface area contributed by atoms with Crippen molar-refractivity contribution >= 4 is 0 Å². The lowest BCUT2D eigenvalue weighted by molar-refractivity contribution is -0.287. The Hall–Kier alpha value is -4.64. The van der Waals surface area contributed by atoms with Gasteiger partial charge in [-0.3, -0.25) is 0 Å². The first-order chi connectivity index (χ1) is 31.2. The fraction of sp³-hybridized carbons (Fsp3) is 0.520. The van der Waals surface area contributed by atoms with Crippen molar-refractivity contribution in [2.24, 2.45) is 0 Å². The summed E-state index contributed by atoms with van der Waals surface area (Å²) in [7, 11) is 2.92. The van der Waals surface area contributed by atoms with E-state index in [9.17, 15) is 20.4 Å². The number of aliphatic hydroxyl groups excluding tert-OH is 4. The van der Waals surface area contributed by atoms with Gasteiger partial charge in [-0.05, 0) is 135 Å². The second kappa shape index (κ2) is 22.0. The van der Waals surface area contributed by atoms with Gasteiger partial charge in [0.25, 0.3) is 0 Å². The van der Waals surface area contributed by atoms with Crippen LogP contribution >= 0.6 is 0 Å². The average Bonchev–Trinajstić information content (AvgIpc) is 3.33. The Kier molecular flexibility index (Phi) is 15.8. The van der Waals surface area contributed by atoms with E-state index >= 15 is 0 Å². The van der Waals surface area contributed by atoms with Gasteiger partial charge in [0, 0.05) is 14.2 Å². The average molecular weight is 887 g/mol. The largest absolute Gasteiger partial charge is 0.491 e. The molecule has 4 aromatic rings. The molecule has 4 aliphatic rings. The summed E-state index contributed by atoms with van der Waals surface area (Å²) in [5.74, 6) is 3.60. The van der Waals surface area contributed by atoms with Crippen molar-refractivity contribution < 1.29 is 67.8 Å². The van der Waals surface area contributed by atoms with Crippen LogP contribution < -0.4 is 28.4 Å². The summed E-state index contributed by atoms with van der Waals surface area (Å²) in [6.07, 6.45) is 1.09. The van der Waals surface area contributed by atoms with Gasteiger partial charge in [-0.15, -0.1) is 0 Å². The molecule has 0 bridgehead atoms. The molecule has 10 atom stereocenters. The maximum Gasteiger partial charge on any atom is 0.197 e. The molecular formula is C50H62O14. The first-order valence-electron chi connectivity index (χ1n) is 22.7. The van der Waals surface area contributed by atoms with Crippen molar-refractivity contribution in [3.8, 4) is 45.6 Å². The maximum atomic E-state index is 11.1. The molecule has 0 spiro atoms. The van der Waals surface area contributed by atoms with Crippen LogP contribution in [-0.4, -0.2) is 121 Å². The Labute approximate surface area is 374 Å². The van der Waals surface area contributed by atoms with Crippen molar-refractivity contribution in [1.82, 2.24) is 0 Å². The van der Waals surface area contributed by atoms with Crippen molar-refractivity contribution in [3.63, 3.8) is 0 Å². The van der Waals surface area contributed by atoms with E-state index in [0.29, 0.717) is 23.0 Å². The second-order valence-corrected chi connectivity index (χ2v) is 17.1. The van der Waals surface area contributed by atoms with Crippen molar-refractivity contribution in [2.45, 2.75) is 138 Å². The van der Waals surface area contributed by atoms with Crippen LogP contribution in [0.5, 0.6) is 34.5 Å². The van der Waals surface area contributed by atoms with Gasteiger partial charge >= 0.3 is 0 Å². The molecule has 2 aliphatic carbocycles. The van der Waals surface area contributed by atoms with Gasteiger partial charge in [0.1, 0.15) is 84.3 Å². The number of benzene rings is 4. The minimum absolute atomic E-state index is 0.0391. The molecule has 2 heterocycles. The van der Waals surface area contributed by atoms with Crippen LogP contribution in [0.15, 0.2) is 97.1 Å². The predicted octanol–water partition coefficient (Wildman–Crippen LogP) is 6.62. The van der Waals surface area contributed by atoms with Gasteiger partial charge in [0.15, 0.2) is 24.8 Å². The van der Waals surface area contributed by atoms with Crippen molar-refractivity contribution in [3.05, 3.63) is 97.1 Å². The van der Waals surface area contributed by atoms with Crippen LogP contribution in [0.2, 0.25) is 0 Å². The van der Waals surface area contributed by atoms with Crippen molar-refractivity contribution in [2.75, 3.05) is 27.4 Å². The van der Waals surface area contributed by atoms with E-state index in [2.05, 4.69) is 0 Å². The molecule has 346 valence electrons. The zero-order valence-corrected chi connectivity index (χ0v) is 36.5. The summed E-state index contributed by atoms with van der Waals surface area (Å²) in [6.45, 7) is -0.0782. The summed E-state index contributed by atoms with van der Waals surface area (Å²) in [5.41, 5.74) is 1.84. The number of rotatable bonds is 17. The Morgan fingerprint density at radius 1 is 0.406 bits per heavy atom. The highest BCUT2D eigenvalue weighted by Gasteiger charge is 2.48. The third-order valence-electron chi connectivity index (χ3n) is 12.5. The summed E-state index contributed by atoms with van der Waals surface area (Å²) in [4.78, 5) is 0. The lowest BCUT2D eigenvalue weighted by atomic mass is 9.98. The highest BCUT2D eigenvalue weighted by molar-refractivity contribution is 5.65. The number of hydrogen-bond donors (Lipinski definition) is 4. The molecule has 0 radical (unpaired) electrons. The molecule has 4 fully saturated rings. The Morgan fingerprint density at radius 2 is 0.719 bits per heavy atom. The van der Waals surface area contributed by atoms with E-state index < -0.39 is 61.4 Å². The van der Waals surface area contributed by atoms with Crippen LogP contribution in [-0.2, 0) is 18.9 Å². The zero-order valence-electron chi connectivity index (χ0n) is 36.5. The molecule has 0 amide bonds. The number of hydrogen-bond acceptors (Lipinski definition) is 14. The monoisotopic (exact) mass is 886 g/mol. The smallest absolute Gasteiger partial charge is 0.197 e. The Morgan fingerprint density at radius 3 is 1.05 bits per heavy atom. The summed E-state index contributed by atoms with van der Waals surface area (Å²) in [6, 6.07) is 29.3. The van der Waals surface area contributed by atoms with Gasteiger partial charge in [0.2, 0.25) is 0 Å². The zero-order chi connectivity index (χ0) is 44.4.